The van der Waals surface area contributed by atoms with E-state index in [0.717, 1.165) is 18.7 Å². The Balaban J connectivity index is 1.90. The molecule has 0 aliphatic rings. The van der Waals surface area contributed by atoms with E-state index in [0.29, 0.717) is 11.8 Å². The number of nitrogens with one attached hydrogen (secondary N) is 1. The molecule has 0 aliphatic carbocycles. The Hall–Kier alpha value is -1.36. The summed E-state index contributed by atoms with van der Waals surface area (Å²) in [5.74, 6) is 0.321. The molecule has 3 nitrogen and oxygen atoms in total. The van der Waals surface area contributed by atoms with E-state index in [2.05, 4.69) is 41.8 Å². The van der Waals surface area contributed by atoms with Crippen molar-refractivity contribution in [3.05, 3.63) is 52.2 Å². The maximum Gasteiger partial charge on any atom is 0.115 e. The summed E-state index contributed by atoms with van der Waals surface area (Å²) < 4.78 is 0. The quantitative estimate of drug-likeness (QED) is 0.851. The third-order valence-electron chi connectivity index (χ3n) is 3.07. The van der Waals surface area contributed by atoms with Crippen molar-refractivity contribution < 1.29 is 5.11 Å². The van der Waals surface area contributed by atoms with Crippen LogP contribution in [0.5, 0.6) is 5.75 Å². The molecule has 2 aromatic rings. The molecule has 1 aromatic carbocycles. The van der Waals surface area contributed by atoms with Gasteiger partial charge in [0.15, 0.2) is 0 Å². The lowest BCUT2D eigenvalue weighted by Gasteiger charge is -2.23. The highest BCUT2D eigenvalue weighted by atomic mass is 32.1. The van der Waals surface area contributed by atoms with Crippen molar-refractivity contribution in [3.8, 4) is 5.75 Å². The lowest BCUT2D eigenvalue weighted by molar-refractivity contribution is 0.292. The van der Waals surface area contributed by atoms with Gasteiger partial charge in [0, 0.05) is 18.0 Å². The van der Waals surface area contributed by atoms with Crippen molar-refractivity contribution in [3.63, 3.8) is 0 Å². The van der Waals surface area contributed by atoms with Crippen LogP contribution >= 0.6 is 11.3 Å². The molecule has 0 bridgehead atoms. The fourth-order valence-corrected chi connectivity index (χ4v) is 2.96. The van der Waals surface area contributed by atoms with Crippen LogP contribution in [0.15, 0.2) is 41.8 Å². The molecular formula is C15H20N2OS. The van der Waals surface area contributed by atoms with E-state index in [-0.39, 0.29) is 0 Å². The molecule has 0 amide bonds. The largest absolute Gasteiger partial charge is 0.508 e. The third kappa shape index (κ3) is 4.06. The maximum absolute atomic E-state index is 9.43. The molecule has 0 saturated carbocycles. The van der Waals surface area contributed by atoms with Crippen LogP contribution in [0.25, 0.3) is 0 Å². The van der Waals surface area contributed by atoms with E-state index in [1.807, 2.05) is 12.1 Å². The molecule has 0 fully saturated rings. The number of nitrogens with zero attached hydrogens (tertiary/aromatic N) is 1. The first kappa shape index (κ1) is 14.1. The Bertz CT molecular complexity index is 497. The standard InChI is InChI=1S/C15H20N2OS/c1-17(2)14(15-7-4-8-19-15)11-16-10-12-5-3-6-13(18)9-12/h3-9,14,16,18H,10-11H2,1-2H3. The van der Waals surface area contributed by atoms with Gasteiger partial charge in [-0.25, -0.2) is 0 Å². The van der Waals surface area contributed by atoms with E-state index in [4.69, 9.17) is 0 Å². The van der Waals surface area contributed by atoms with Crippen molar-refractivity contribution in [2.24, 2.45) is 0 Å². The van der Waals surface area contributed by atoms with Crippen molar-refractivity contribution in [2.45, 2.75) is 12.6 Å². The zero-order chi connectivity index (χ0) is 13.7. The van der Waals surface area contributed by atoms with Gasteiger partial charge in [0.25, 0.3) is 0 Å². The predicted molar refractivity (Wildman–Crippen MR) is 80.6 cm³/mol. The number of benzene rings is 1. The highest BCUT2D eigenvalue weighted by molar-refractivity contribution is 7.10. The number of aromatic hydroxyl groups is 1. The molecule has 1 heterocycles. The Kier molecular flexibility index (Phi) is 4.96. The molecule has 1 unspecified atom stereocenters. The lowest BCUT2D eigenvalue weighted by atomic mass is 10.2. The number of likely N-dealkylation sites (N-methyl/N-ethyl adjacent to an activating group) is 1. The minimum absolute atomic E-state index is 0.321. The normalized spacial score (nSPS) is 12.8. The zero-order valence-electron chi connectivity index (χ0n) is 11.3. The number of phenols is 1. The molecular weight excluding hydrogens is 256 g/mol. The highest BCUT2D eigenvalue weighted by Gasteiger charge is 2.14. The summed E-state index contributed by atoms with van der Waals surface area (Å²) in [4.78, 5) is 3.59. The van der Waals surface area contributed by atoms with Gasteiger partial charge >= 0.3 is 0 Å². The van der Waals surface area contributed by atoms with Gasteiger partial charge in [-0.15, -0.1) is 11.3 Å². The number of hydrogen-bond acceptors (Lipinski definition) is 4. The Morgan fingerprint density at radius 2 is 2.11 bits per heavy atom. The third-order valence-corrected chi connectivity index (χ3v) is 4.05. The highest BCUT2D eigenvalue weighted by Crippen LogP contribution is 2.22. The van der Waals surface area contributed by atoms with E-state index in [1.54, 1.807) is 23.5 Å². The summed E-state index contributed by atoms with van der Waals surface area (Å²) in [6, 6.07) is 12.0. The van der Waals surface area contributed by atoms with Crippen LogP contribution in [0.4, 0.5) is 0 Å². The van der Waals surface area contributed by atoms with Gasteiger partial charge in [0.1, 0.15) is 5.75 Å². The number of hydrogen-bond donors (Lipinski definition) is 2. The number of thiophene rings is 1. The van der Waals surface area contributed by atoms with Crippen molar-refractivity contribution in [2.75, 3.05) is 20.6 Å². The Morgan fingerprint density at radius 1 is 1.26 bits per heavy atom. The average Bonchev–Trinajstić information content (AvgIpc) is 2.88. The van der Waals surface area contributed by atoms with E-state index in [1.165, 1.54) is 4.88 Å². The first-order chi connectivity index (χ1) is 9.16. The summed E-state index contributed by atoms with van der Waals surface area (Å²) in [7, 11) is 4.20. The molecule has 1 atom stereocenters. The molecule has 0 saturated heterocycles. The zero-order valence-corrected chi connectivity index (χ0v) is 12.2. The van der Waals surface area contributed by atoms with Gasteiger partial charge in [0.2, 0.25) is 0 Å². The summed E-state index contributed by atoms with van der Waals surface area (Å²) in [6.45, 7) is 1.66. The minimum Gasteiger partial charge on any atom is -0.508 e. The van der Waals surface area contributed by atoms with Crippen molar-refractivity contribution in [1.29, 1.82) is 0 Å². The lowest BCUT2D eigenvalue weighted by Crippen LogP contribution is -2.30. The maximum atomic E-state index is 9.43. The van der Waals surface area contributed by atoms with Crippen molar-refractivity contribution in [1.82, 2.24) is 10.2 Å². The van der Waals surface area contributed by atoms with Crippen LogP contribution in [0.2, 0.25) is 0 Å². The molecule has 2 N–H and O–H groups in total. The molecule has 4 heteroatoms. The second-order valence-corrected chi connectivity index (χ2v) is 5.77. The summed E-state index contributed by atoms with van der Waals surface area (Å²) in [5.41, 5.74) is 1.10. The van der Waals surface area contributed by atoms with Gasteiger partial charge < -0.3 is 15.3 Å². The minimum atomic E-state index is 0.321. The number of rotatable bonds is 6. The van der Waals surface area contributed by atoms with Gasteiger partial charge in [0.05, 0.1) is 6.04 Å². The van der Waals surface area contributed by atoms with Crippen molar-refractivity contribution >= 4 is 11.3 Å². The Morgan fingerprint density at radius 3 is 2.74 bits per heavy atom. The molecule has 0 aliphatic heterocycles. The van der Waals surface area contributed by atoms with Crippen LogP contribution < -0.4 is 5.32 Å². The van der Waals surface area contributed by atoms with Crippen LogP contribution in [0.1, 0.15) is 16.5 Å². The monoisotopic (exact) mass is 276 g/mol. The first-order valence-corrected chi connectivity index (χ1v) is 7.23. The van der Waals surface area contributed by atoms with Crippen LogP contribution in [-0.4, -0.2) is 30.6 Å². The molecule has 0 spiro atoms. The summed E-state index contributed by atoms with van der Waals surface area (Å²) in [5, 5.41) is 15.0. The second kappa shape index (κ2) is 6.70. The smallest absolute Gasteiger partial charge is 0.115 e. The SMILES string of the molecule is CN(C)C(CNCc1cccc(O)c1)c1cccs1. The van der Waals surface area contributed by atoms with Crippen LogP contribution in [-0.2, 0) is 6.54 Å². The van der Waals surface area contributed by atoms with E-state index >= 15 is 0 Å². The van der Waals surface area contributed by atoms with Gasteiger partial charge in [-0.2, -0.15) is 0 Å². The summed E-state index contributed by atoms with van der Waals surface area (Å²) >= 11 is 1.79. The fraction of sp³-hybridized carbons (Fsp3) is 0.333. The van der Waals surface area contributed by atoms with Crippen LogP contribution in [0, 0.1) is 0 Å². The predicted octanol–water partition coefficient (Wildman–Crippen LogP) is 2.85. The van der Waals surface area contributed by atoms with Crippen LogP contribution in [0.3, 0.4) is 0 Å². The van der Waals surface area contributed by atoms with Gasteiger partial charge in [-0.1, -0.05) is 18.2 Å². The topological polar surface area (TPSA) is 35.5 Å². The molecule has 1 aromatic heterocycles. The molecule has 0 radical (unpaired) electrons. The first-order valence-electron chi connectivity index (χ1n) is 6.35. The van der Waals surface area contributed by atoms with E-state index in [9.17, 15) is 5.11 Å². The molecule has 19 heavy (non-hydrogen) atoms. The summed E-state index contributed by atoms with van der Waals surface area (Å²) in [6.07, 6.45) is 0. The number of phenolic OH excluding ortho intramolecular Hbond substituents is 1. The average molecular weight is 276 g/mol. The fourth-order valence-electron chi connectivity index (χ4n) is 2.04. The Labute approximate surface area is 118 Å². The van der Waals surface area contributed by atoms with Gasteiger partial charge in [-0.3, -0.25) is 0 Å². The second-order valence-electron chi connectivity index (χ2n) is 4.80. The molecule has 102 valence electrons. The van der Waals surface area contributed by atoms with E-state index < -0.39 is 0 Å². The van der Waals surface area contributed by atoms with Gasteiger partial charge in [-0.05, 0) is 43.2 Å². The molecule has 2 rings (SSSR count).